The molecule has 4 nitrogen and oxygen atoms in total. The third-order valence-electron chi connectivity index (χ3n) is 4.73. The third-order valence-corrected chi connectivity index (χ3v) is 4.73. The van der Waals surface area contributed by atoms with Crippen LogP contribution in [-0.4, -0.2) is 38.2 Å². The molecule has 0 saturated carbocycles. The van der Waals surface area contributed by atoms with Crippen LogP contribution in [0.5, 0.6) is 0 Å². The Labute approximate surface area is 165 Å². The summed E-state index contributed by atoms with van der Waals surface area (Å²) >= 11 is 0. The highest BCUT2D eigenvalue weighted by molar-refractivity contribution is 6.12. The van der Waals surface area contributed by atoms with Gasteiger partial charge in [-0.3, -0.25) is 0 Å². The predicted octanol–water partition coefficient (Wildman–Crippen LogP) is 4.39. The number of hydrogen-bond donors (Lipinski definition) is 0. The molecule has 4 rings (SSSR count). The van der Waals surface area contributed by atoms with Gasteiger partial charge >= 0.3 is 0 Å². The van der Waals surface area contributed by atoms with Crippen molar-refractivity contribution in [2.75, 3.05) is 31.2 Å². The average molecular weight is 369 g/mol. The second kappa shape index (κ2) is 9.11. The van der Waals surface area contributed by atoms with Gasteiger partial charge in [0.1, 0.15) is 5.71 Å². The summed E-state index contributed by atoms with van der Waals surface area (Å²) in [5.41, 5.74) is 5.21. The van der Waals surface area contributed by atoms with Gasteiger partial charge in [0, 0.05) is 29.9 Å². The largest absolute Gasteiger partial charge is 0.378 e. The molecule has 28 heavy (non-hydrogen) atoms. The van der Waals surface area contributed by atoms with Crippen molar-refractivity contribution in [3.8, 4) is 0 Å². The van der Waals surface area contributed by atoms with Crippen molar-refractivity contribution in [1.82, 2.24) is 0 Å². The molecule has 0 aliphatic carbocycles. The molecule has 1 heterocycles. The molecule has 0 N–H and O–H groups in total. The van der Waals surface area contributed by atoms with Gasteiger partial charge in [0.15, 0.2) is 0 Å². The van der Waals surface area contributed by atoms with Gasteiger partial charge in [-0.1, -0.05) is 72.8 Å². The van der Waals surface area contributed by atoms with Gasteiger partial charge in [-0.15, -0.1) is 5.10 Å². The Bertz CT molecular complexity index is 887. The molecule has 0 unspecified atom stereocenters. The van der Waals surface area contributed by atoms with E-state index in [1.54, 1.807) is 6.21 Å². The summed E-state index contributed by atoms with van der Waals surface area (Å²) in [7, 11) is 0. The fourth-order valence-corrected chi connectivity index (χ4v) is 3.22. The van der Waals surface area contributed by atoms with Crippen LogP contribution in [-0.2, 0) is 4.74 Å². The number of morpholine rings is 1. The minimum atomic E-state index is 0.791. The van der Waals surface area contributed by atoms with E-state index in [-0.39, 0.29) is 0 Å². The maximum atomic E-state index is 5.42. The number of benzene rings is 3. The second-order valence-corrected chi connectivity index (χ2v) is 6.62. The topological polar surface area (TPSA) is 37.2 Å². The highest BCUT2D eigenvalue weighted by Gasteiger charge is 2.10. The van der Waals surface area contributed by atoms with Crippen LogP contribution in [0.4, 0.5) is 5.69 Å². The van der Waals surface area contributed by atoms with Crippen LogP contribution in [0.15, 0.2) is 95.1 Å². The standard InChI is InChI=1S/C24H23N3O/c1-3-7-21(8-4-1)24(22-9-5-2-6-10-22)26-25-19-20-11-13-23(14-12-20)27-15-17-28-18-16-27/h1-14,19H,15-18H2. The van der Waals surface area contributed by atoms with Crippen molar-refractivity contribution >= 4 is 17.6 Å². The normalized spacial score (nSPS) is 14.2. The fourth-order valence-electron chi connectivity index (χ4n) is 3.22. The molecule has 4 heteroatoms. The van der Waals surface area contributed by atoms with Crippen LogP contribution >= 0.6 is 0 Å². The number of anilines is 1. The van der Waals surface area contributed by atoms with Gasteiger partial charge in [0.2, 0.25) is 0 Å². The zero-order valence-electron chi connectivity index (χ0n) is 15.7. The molecule has 1 saturated heterocycles. The van der Waals surface area contributed by atoms with Gasteiger partial charge in [0.05, 0.1) is 19.4 Å². The summed E-state index contributed by atoms with van der Waals surface area (Å²) in [6.07, 6.45) is 1.80. The van der Waals surface area contributed by atoms with Crippen LogP contribution < -0.4 is 4.90 Å². The van der Waals surface area contributed by atoms with E-state index in [4.69, 9.17) is 4.74 Å². The molecule has 0 spiro atoms. The maximum Gasteiger partial charge on any atom is 0.100 e. The van der Waals surface area contributed by atoms with E-state index in [1.807, 2.05) is 36.4 Å². The maximum absolute atomic E-state index is 5.42. The Morgan fingerprint density at radius 3 is 1.89 bits per heavy atom. The van der Waals surface area contributed by atoms with E-state index >= 15 is 0 Å². The van der Waals surface area contributed by atoms with E-state index in [0.717, 1.165) is 48.7 Å². The molecule has 0 atom stereocenters. The number of ether oxygens (including phenoxy) is 1. The van der Waals surface area contributed by atoms with E-state index in [0.29, 0.717) is 0 Å². The molecular weight excluding hydrogens is 346 g/mol. The molecule has 1 aliphatic rings. The van der Waals surface area contributed by atoms with Crippen LogP contribution in [0.25, 0.3) is 0 Å². The molecule has 0 bridgehead atoms. The van der Waals surface area contributed by atoms with Crippen molar-refractivity contribution in [2.45, 2.75) is 0 Å². The van der Waals surface area contributed by atoms with E-state index in [9.17, 15) is 0 Å². The first-order valence-electron chi connectivity index (χ1n) is 9.55. The fraction of sp³-hybridized carbons (Fsp3) is 0.167. The lowest BCUT2D eigenvalue weighted by molar-refractivity contribution is 0.122. The summed E-state index contributed by atoms with van der Waals surface area (Å²) in [6, 6.07) is 28.7. The molecule has 1 aliphatic heterocycles. The molecule has 0 amide bonds. The predicted molar refractivity (Wildman–Crippen MR) is 116 cm³/mol. The highest BCUT2D eigenvalue weighted by atomic mass is 16.5. The van der Waals surface area contributed by atoms with Crippen LogP contribution in [0.1, 0.15) is 16.7 Å². The number of hydrogen-bond acceptors (Lipinski definition) is 4. The zero-order chi connectivity index (χ0) is 19.0. The first-order chi connectivity index (χ1) is 13.9. The van der Waals surface area contributed by atoms with E-state index < -0.39 is 0 Å². The third kappa shape index (κ3) is 4.53. The van der Waals surface area contributed by atoms with E-state index in [2.05, 4.69) is 63.6 Å². The number of rotatable bonds is 5. The Morgan fingerprint density at radius 2 is 1.32 bits per heavy atom. The Kier molecular flexibility index (Phi) is 5.90. The molecule has 3 aromatic carbocycles. The Morgan fingerprint density at radius 1 is 0.750 bits per heavy atom. The molecule has 3 aromatic rings. The molecular formula is C24H23N3O. The van der Waals surface area contributed by atoms with Gasteiger partial charge in [-0.05, 0) is 17.7 Å². The lowest BCUT2D eigenvalue weighted by Gasteiger charge is -2.28. The smallest absolute Gasteiger partial charge is 0.100 e. The summed E-state index contributed by atoms with van der Waals surface area (Å²) in [5, 5.41) is 8.90. The molecule has 0 aromatic heterocycles. The summed E-state index contributed by atoms with van der Waals surface area (Å²) in [4.78, 5) is 2.34. The first-order valence-corrected chi connectivity index (χ1v) is 9.55. The van der Waals surface area contributed by atoms with Crippen LogP contribution in [0, 0.1) is 0 Å². The quantitative estimate of drug-likeness (QED) is 0.494. The summed E-state index contributed by atoms with van der Waals surface area (Å²) in [6.45, 7) is 3.46. The van der Waals surface area contributed by atoms with Gasteiger partial charge < -0.3 is 9.64 Å². The van der Waals surface area contributed by atoms with Crippen molar-refractivity contribution in [3.63, 3.8) is 0 Å². The minimum Gasteiger partial charge on any atom is -0.378 e. The average Bonchev–Trinajstić information content (AvgIpc) is 2.79. The Balaban J connectivity index is 1.54. The zero-order valence-corrected chi connectivity index (χ0v) is 15.7. The minimum absolute atomic E-state index is 0.791. The second-order valence-electron chi connectivity index (χ2n) is 6.62. The molecule has 1 fully saturated rings. The van der Waals surface area contributed by atoms with Gasteiger partial charge in [0.25, 0.3) is 0 Å². The van der Waals surface area contributed by atoms with Crippen molar-refractivity contribution in [1.29, 1.82) is 0 Å². The lowest BCUT2D eigenvalue weighted by Crippen LogP contribution is -2.36. The van der Waals surface area contributed by atoms with Gasteiger partial charge in [-0.2, -0.15) is 5.10 Å². The lowest BCUT2D eigenvalue weighted by atomic mass is 10.0. The van der Waals surface area contributed by atoms with E-state index in [1.165, 1.54) is 5.69 Å². The Hall–Kier alpha value is -3.24. The molecule has 140 valence electrons. The molecule has 0 radical (unpaired) electrons. The van der Waals surface area contributed by atoms with Crippen LogP contribution in [0.2, 0.25) is 0 Å². The summed E-state index contributed by atoms with van der Waals surface area (Å²) in [5.74, 6) is 0. The van der Waals surface area contributed by atoms with Crippen molar-refractivity contribution in [3.05, 3.63) is 102 Å². The first kappa shape index (κ1) is 18.1. The summed E-state index contributed by atoms with van der Waals surface area (Å²) < 4.78 is 5.42. The van der Waals surface area contributed by atoms with Crippen molar-refractivity contribution in [2.24, 2.45) is 10.2 Å². The number of nitrogens with zero attached hydrogens (tertiary/aromatic N) is 3. The van der Waals surface area contributed by atoms with Gasteiger partial charge in [-0.25, -0.2) is 0 Å². The SMILES string of the molecule is C(=NN=C(c1ccccc1)c1ccccc1)c1ccc(N2CCOCC2)cc1. The highest BCUT2D eigenvalue weighted by Crippen LogP contribution is 2.16. The monoisotopic (exact) mass is 369 g/mol. The van der Waals surface area contributed by atoms with Crippen molar-refractivity contribution < 1.29 is 4.74 Å². The van der Waals surface area contributed by atoms with Crippen LogP contribution in [0.3, 0.4) is 0 Å².